The summed E-state index contributed by atoms with van der Waals surface area (Å²) in [6.45, 7) is 11.3. The largest absolute Gasteiger partial charge is 0.313 e. The molecular weight excluding hydrogens is 172 g/mol. The van der Waals surface area contributed by atoms with E-state index in [2.05, 4.69) is 45.0 Å². The molecule has 0 radical (unpaired) electrons. The van der Waals surface area contributed by atoms with Crippen molar-refractivity contribution in [3.63, 3.8) is 0 Å². The van der Waals surface area contributed by atoms with Gasteiger partial charge in [0.2, 0.25) is 0 Å². The Labute approximate surface area is 90.1 Å². The van der Waals surface area contributed by atoms with E-state index in [1.807, 2.05) is 0 Å². The Morgan fingerprint density at radius 2 is 1.86 bits per heavy atom. The lowest BCUT2D eigenvalue weighted by Crippen LogP contribution is -2.42. The van der Waals surface area contributed by atoms with Gasteiger partial charge >= 0.3 is 0 Å². The van der Waals surface area contributed by atoms with Crippen LogP contribution in [0.1, 0.15) is 47.0 Å². The van der Waals surface area contributed by atoms with Crippen LogP contribution in [0.4, 0.5) is 0 Å². The van der Waals surface area contributed by atoms with Crippen LogP contribution in [-0.4, -0.2) is 37.1 Å². The molecule has 0 heterocycles. The molecule has 1 N–H and O–H groups in total. The lowest BCUT2D eigenvalue weighted by atomic mass is 10.1. The standard InChI is InChI=1S/C12H28N2/c1-6-9-11(4)14(5)10-12(7-2)13-8-3/h11-13H,6-10H2,1-5H3. The molecular formula is C12H28N2. The molecule has 2 atom stereocenters. The quantitative estimate of drug-likeness (QED) is 0.647. The van der Waals surface area contributed by atoms with Gasteiger partial charge in [0.05, 0.1) is 0 Å². The SMILES string of the molecule is CCCC(C)N(C)CC(CC)NCC. The third-order valence-corrected chi connectivity index (χ3v) is 2.95. The molecule has 14 heavy (non-hydrogen) atoms. The third kappa shape index (κ3) is 5.61. The Balaban J connectivity index is 3.81. The van der Waals surface area contributed by atoms with Crippen LogP contribution in [0.5, 0.6) is 0 Å². The van der Waals surface area contributed by atoms with E-state index in [0.717, 1.165) is 6.54 Å². The van der Waals surface area contributed by atoms with Gasteiger partial charge in [0.1, 0.15) is 0 Å². The van der Waals surface area contributed by atoms with Crippen LogP contribution in [0.2, 0.25) is 0 Å². The van der Waals surface area contributed by atoms with Crippen molar-refractivity contribution in [1.82, 2.24) is 10.2 Å². The first-order valence-electron chi connectivity index (χ1n) is 6.09. The zero-order chi connectivity index (χ0) is 11.0. The van der Waals surface area contributed by atoms with E-state index in [1.54, 1.807) is 0 Å². The summed E-state index contributed by atoms with van der Waals surface area (Å²) in [6.07, 6.45) is 3.81. The normalized spacial score (nSPS) is 15.9. The first-order valence-corrected chi connectivity index (χ1v) is 6.09. The average molecular weight is 200 g/mol. The Hall–Kier alpha value is -0.0800. The van der Waals surface area contributed by atoms with E-state index in [0.29, 0.717) is 12.1 Å². The molecule has 0 rings (SSSR count). The van der Waals surface area contributed by atoms with E-state index in [9.17, 15) is 0 Å². The Bertz CT molecular complexity index is 125. The van der Waals surface area contributed by atoms with Crippen LogP contribution < -0.4 is 5.32 Å². The number of likely N-dealkylation sites (N-methyl/N-ethyl adjacent to an activating group) is 2. The molecule has 0 amide bonds. The second kappa shape index (κ2) is 8.25. The highest BCUT2D eigenvalue weighted by Crippen LogP contribution is 2.05. The monoisotopic (exact) mass is 200 g/mol. The lowest BCUT2D eigenvalue weighted by molar-refractivity contribution is 0.217. The second-order valence-electron chi connectivity index (χ2n) is 4.24. The molecule has 0 bridgehead atoms. The fourth-order valence-electron chi connectivity index (χ4n) is 1.79. The van der Waals surface area contributed by atoms with Crippen LogP contribution in [0, 0.1) is 0 Å². The Kier molecular flexibility index (Phi) is 8.20. The van der Waals surface area contributed by atoms with Crippen molar-refractivity contribution >= 4 is 0 Å². The maximum Gasteiger partial charge on any atom is 0.0192 e. The van der Waals surface area contributed by atoms with Crippen LogP contribution in [0.3, 0.4) is 0 Å². The van der Waals surface area contributed by atoms with Crippen LogP contribution in [-0.2, 0) is 0 Å². The molecule has 0 spiro atoms. The number of hydrogen-bond donors (Lipinski definition) is 1. The molecule has 0 saturated carbocycles. The maximum absolute atomic E-state index is 3.52. The molecule has 0 fully saturated rings. The molecule has 86 valence electrons. The van der Waals surface area contributed by atoms with E-state index in [-0.39, 0.29) is 0 Å². The molecule has 0 saturated heterocycles. The van der Waals surface area contributed by atoms with Crippen LogP contribution in [0.25, 0.3) is 0 Å². The summed E-state index contributed by atoms with van der Waals surface area (Å²) >= 11 is 0. The van der Waals surface area contributed by atoms with Crippen molar-refractivity contribution in [3.8, 4) is 0 Å². The predicted octanol–water partition coefficient (Wildman–Crippen LogP) is 2.49. The number of hydrogen-bond acceptors (Lipinski definition) is 2. The lowest BCUT2D eigenvalue weighted by Gasteiger charge is -2.28. The first-order chi connectivity index (χ1) is 6.65. The topological polar surface area (TPSA) is 15.3 Å². The molecule has 2 nitrogen and oxygen atoms in total. The molecule has 0 aliphatic heterocycles. The molecule has 2 unspecified atom stereocenters. The summed E-state index contributed by atoms with van der Waals surface area (Å²) in [5.74, 6) is 0. The minimum Gasteiger partial charge on any atom is -0.313 e. The Morgan fingerprint density at radius 3 is 2.29 bits per heavy atom. The molecule has 0 aromatic carbocycles. The van der Waals surface area contributed by atoms with E-state index >= 15 is 0 Å². The van der Waals surface area contributed by atoms with Gasteiger partial charge in [0.15, 0.2) is 0 Å². The number of rotatable bonds is 8. The molecule has 0 aromatic rings. The summed E-state index contributed by atoms with van der Waals surface area (Å²) in [7, 11) is 2.24. The average Bonchev–Trinajstić information content (AvgIpc) is 2.17. The van der Waals surface area contributed by atoms with Gasteiger partial charge in [-0.15, -0.1) is 0 Å². The zero-order valence-corrected chi connectivity index (χ0v) is 10.6. The summed E-state index contributed by atoms with van der Waals surface area (Å²) in [5, 5.41) is 3.52. The minimum atomic E-state index is 0.657. The number of nitrogens with one attached hydrogen (secondary N) is 1. The second-order valence-corrected chi connectivity index (χ2v) is 4.24. The number of nitrogens with zero attached hydrogens (tertiary/aromatic N) is 1. The van der Waals surface area contributed by atoms with Crippen molar-refractivity contribution in [2.45, 2.75) is 59.0 Å². The third-order valence-electron chi connectivity index (χ3n) is 2.95. The highest BCUT2D eigenvalue weighted by atomic mass is 15.1. The highest BCUT2D eigenvalue weighted by molar-refractivity contribution is 4.71. The summed E-state index contributed by atoms with van der Waals surface area (Å²) in [4.78, 5) is 2.47. The summed E-state index contributed by atoms with van der Waals surface area (Å²) in [5.41, 5.74) is 0. The zero-order valence-electron chi connectivity index (χ0n) is 10.6. The van der Waals surface area contributed by atoms with E-state index in [4.69, 9.17) is 0 Å². The summed E-state index contributed by atoms with van der Waals surface area (Å²) in [6, 6.07) is 1.37. The van der Waals surface area contributed by atoms with Crippen molar-refractivity contribution in [2.75, 3.05) is 20.1 Å². The van der Waals surface area contributed by atoms with Crippen molar-refractivity contribution < 1.29 is 0 Å². The van der Waals surface area contributed by atoms with Gasteiger partial charge in [0, 0.05) is 18.6 Å². The highest BCUT2D eigenvalue weighted by Gasteiger charge is 2.12. The molecule has 0 aliphatic rings. The Morgan fingerprint density at radius 1 is 1.21 bits per heavy atom. The fourth-order valence-corrected chi connectivity index (χ4v) is 1.79. The maximum atomic E-state index is 3.52. The summed E-state index contributed by atoms with van der Waals surface area (Å²) < 4.78 is 0. The molecule has 0 aliphatic carbocycles. The first kappa shape index (κ1) is 13.9. The van der Waals surface area contributed by atoms with E-state index in [1.165, 1.54) is 25.8 Å². The van der Waals surface area contributed by atoms with Gasteiger partial charge in [-0.3, -0.25) is 0 Å². The molecule has 2 heteroatoms. The van der Waals surface area contributed by atoms with Gasteiger partial charge in [-0.25, -0.2) is 0 Å². The van der Waals surface area contributed by atoms with Crippen LogP contribution >= 0.6 is 0 Å². The van der Waals surface area contributed by atoms with Crippen molar-refractivity contribution in [2.24, 2.45) is 0 Å². The molecule has 0 aromatic heterocycles. The van der Waals surface area contributed by atoms with Crippen molar-refractivity contribution in [1.29, 1.82) is 0 Å². The predicted molar refractivity (Wildman–Crippen MR) is 64.8 cm³/mol. The van der Waals surface area contributed by atoms with Gasteiger partial charge in [-0.1, -0.05) is 27.2 Å². The smallest absolute Gasteiger partial charge is 0.0192 e. The van der Waals surface area contributed by atoms with Gasteiger partial charge < -0.3 is 10.2 Å². The van der Waals surface area contributed by atoms with Gasteiger partial charge in [0.25, 0.3) is 0 Å². The van der Waals surface area contributed by atoms with E-state index < -0.39 is 0 Å². The fraction of sp³-hybridized carbons (Fsp3) is 1.00. The van der Waals surface area contributed by atoms with Crippen molar-refractivity contribution in [3.05, 3.63) is 0 Å². The minimum absolute atomic E-state index is 0.657. The van der Waals surface area contributed by atoms with Gasteiger partial charge in [-0.05, 0) is 33.4 Å². The van der Waals surface area contributed by atoms with Crippen LogP contribution in [0.15, 0.2) is 0 Å². The van der Waals surface area contributed by atoms with Gasteiger partial charge in [-0.2, -0.15) is 0 Å².